The molecule has 20 heavy (non-hydrogen) atoms. The number of hydrogen-bond donors (Lipinski definition) is 2. The molecule has 0 saturated carbocycles. The first-order chi connectivity index (χ1) is 9.28. The van der Waals surface area contributed by atoms with Crippen LogP contribution in [0.2, 0.25) is 4.34 Å². The molecule has 0 aliphatic heterocycles. The van der Waals surface area contributed by atoms with Crippen LogP contribution in [0.4, 0.5) is 5.13 Å². The summed E-state index contributed by atoms with van der Waals surface area (Å²) in [5.41, 5.74) is 0.297. The van der Waals surface area contributed by atoms with Crippen molar-refractivity contribution in [3.05, 3.63) is 25.9 Å². The summed E-state index contributed by atoms with van der Waals surface area (Å²) in [5, 5.41) is 10.2. The number of nitrogens with zero attached hydrogens (tertiary/aromatic N) is 1. The highest BCUT2D eigenvalue weighted by atomic mass is 79.9. The Morgan fingerprint density at radius 2 is 2.25 bits per heavy atom. The molecule has 0 fully saturated rings. The molecular formula is C9H6BrClN2O4S3. The third kappa shape index (κ3) is 3.70. The predicted octanol–water partition coefficient (Wildman–Crippen LogP) is 3.05. The second kappa shape index (κ2) is 5.98. The number of hydrogen-bond acceptors (Lipinski definition) is 6. The Bertz CT molecular complexity index is 736. The molecule has 0 amide bonds. The molecule has 2 aromatic rings. The highest BCUT2D eigenvalue weighted by Gasteiger charge is 2.20. The van der Waals surface area contributed by atoms with Crippen LogP contribution in [0.1, 0.15) is 5.69 Å². The van der Waals surface area contributed by atoms with Gasteiger partial charge in [-0.3, -0.25) is 9.52 Å². The van der Waals surface area contributed by atoms with E-state index in [4.69, 9.17) is 16.7 Å². The third-order valence-electron chi connectivity index (χ3n) is 1.99. The lowest BCUT2D eigenvalue weighted by Crippen LogP contribution is -2.11. The Morgan fingerprint density at radius 3 is 2.80 bits per heavy atom. The van der Waals surface area contributed by atoms with Crippen LogP contribution in [0.15, 0.2) is 20.1 Å². The zero-order valence-corrected chi connectivity index (χ0v) is 14.3. The Balaban J connectivity index is 2.20. The highest BCUT2D eigenvalue weighted by molar-refractivity contribution is 9.10. The van der Waals surface area contributed by atoms with Crippen LogP contribution in [-0.2, 0) is 21.2 Å². The number of aromatic nitrogens is 1. The van der Waals surface area contributed by atoms with Crippen molar-refractivity contribution in [2.45, 2.75) is 10.6 Å². The van der Waals surface area contributed by atoms with E-state index < -0.39 is 16.0 Å². The molecule has 2 rings (SSSR count). The van der Waals surface area contributed by atoms with Gasteiger partial charge >= 0.3 is 5.97 Å². The van der Waals surface area contributed by atoms with Crippen molar-refractivity contribution in [2.24, 2.45) is 0 Å². The molecule has 0 radical (unpaired) electrons. The van der Waals surface area contributed by atoms with Gasteiger partial charge in [0.15, 0.2) is 5.13 Å². The fourth-order valence-electron chi connectivity index (χ4n) is 1.21. The maximum Gasteiger partial charge on any atom is 0.309 e. The highest BCUT2D eigenvalue weighted by Crippen LogP contribution is 2.35. The molecule has 0 aromatic carbocycles. The molecular weight excluding hydrogens is 412 g/mol. The van der Waals surface area contributed by atoms with Gasteiger partial charge in [0.25, 0.3) is 10.0 Å². The van der Waals surface area contributed by atoms with Crippen LogP contribution in [0.25, 0.3) is 0 Å². The molecule has 0 atom stereocenters. The molecule has 11 heteroatoms. The smallest absolute Gasteiger partial charge is 0.309 e. The van der Waals surface area contributed by atoms with Crippen molar-refractivity contribution < 1.29 is 18.3 Å². The first-order valence-corrected chi connectivity index (χ1v) is 9.27. The molecule has 6 nitrogen and oxygen atoms in total. The van der Waals surface area contributed by atoms with Crippen molar-refractivity contribution in [3.8, 4) is 0 Å². The molecule has 2 N–H and O–H groups in total. The van der Waals surface area contributed by atoms with Gasteiger partial charge in [0.05, 0.1) is 12.1 Å². The summed E-state index contributed by atoms with van der Waals surface area (Å²) in [6.45, 7) is 0. The van der Waals surface area contributed by atoms with Crippen LogP contribution in [0.3, 0.4) is 0 Å². The van der Waals surface area contributed by atoms with Crippen molar-refractivity contribution in [2.75, 3.05) is 4.72 Å². The average Bonchev–Trinajstić information content (AvgIpc) is 2.86. The summed E-state index contributed by atoms with van der Waals surface area (Å²) in [4.78, 5) is 14.4. The van der Waals surface area contributed by atoms with E-state index in [1.165, 1.54) is 11.4 Å². The summed E-state index contributed by atoms with van der Waals surface area (Å²) in [6.07, 6.45) is -0.255. The lowest BCUT2D eigenvalue weighted by molar-refractivity contribution is -0.136. The van der Waals surface area contributed by atoms with Gasteiger partial charge in [-0.25, -0.2) is 13.4 Å². The van der Waals surface area contributed by atoms with E-state index in [1.54, 1.807) is 0 Å². The minimum Gasteiger partial charge on any atom is -0.481 e. The Kier molecular flexibility index (Phi) is 4.69. The molecule has 0 aliphatic rings. The van der Waals surface area contributed by atoms with Crippen LogP contribution in [0, 0.1) is 0 Å². The number of thiophene rings is 1. The minimum atomic E-state index is -3.78. The first-order valence-electron chi connectivity index (χ1n) is 4.92. The molecule has 2 heterocycles. The van der Waals surface area contributed by atoms with Crippen LogP contribution in [-0.4, -0.2) is 24.5 Å². The standard InChI is InChI=1S/C9H6BrClN2O4S3/c10-5-2-7(19-8(5)11)20(16,17)13-9-12-4(3-18-9)1-6(14)15/h2-3H,1H2,(H,12,13)(H,14,15). The molecule has 0 saturated heterocycles. The number of nitrogens with one attached hydrogen (secondary N) is 1. The Hall–Kier alpha value is -0.680. The van der Waals surface area contributed by atoms with Gasteiger partial charge in [-0.15, -0.1) is 22.7 Å². The lowest BCUT2D eigenvalue weighted by atomic mass is 10.3. The van der Waals surface area contributed by atoms with Crippen LogP contribution >= 0.6 is 50.2 Å². The Morgan fingerprint density at radius 1 is 1.55 bits per heavy atom. The summed E-state index contributed by atoms with van der Waals surface area (Å²) < 4.78 is 27.3. The van der Waals surface area contributed by atoms with Gasteiger partial charge in [-0.2, -0.15) is 0 Å². The summed E-state index contributed by atoms with van der Waals surface area (Å²) in [7, 11) is -3.78. The number of carboxylic acid groups (broad SMARTS) is 1. The molecule has 2 aromatic heterocycles. The van der Waals surface area contributed by atoms with E-state index in [-0.39, 0.29) is 15.8 Å². The Labute approximate surface area is 135 Å². The van der Waals surface area contributed by atoms with Gasteiger partial charge < -0.3 is 5.11 Å². The van der Waals surface area contributed by atoms with Crippen LogP contribution in [0.5, 0.6) is 0 Å². The van der Waals surface area contributed by atoms with E-state index in [2.05, 4.69) is 25.6 Å². The number of anilines is 1. The van der Waals surface area contributed by atoms with Crippen molar-refractivity contribution in [1.29, 1.82) is 0 Å². The van der Waals surface area contributed by atoms with E-state index >= 15 is 0 Å². The molecule has 0 bridgehead atoms. The molecule has 0 aliphatic carbocycles. The van der Waals surface area contributed by atoms with Gasteiger partial charge in [0.2, 0.25) is 0 Å². The number of thiazole rings is 1. The number of sulfonamides is 1. The van der Waals surface area contributed by atoms with Gasteiger partial charge in [0, 0.05) is 9.85 Å². The number of carboxylic acids is 1. The fourth-order valence-corrected chi connectivity index (χ4v) is 5.48. The first kappa shape index (κ1) is 15.7. The summed E-state index contributed by atoms with van der Waals surface area (Å²) in [5.74, 6) is -1.03. The van der Waals surface area contributed by atoms with E-state index in [1.807, 2.05) is 0 Å². The lowest BCUT2D eigenvalue weighted by Gasteiger charge is -2.01. The van der Waals surface area contributed by atoms with Gasteiger partial charge in [0.1, 0.15) is 8.55 Å². The van der Waals surface area contributed by atoms with Crippen molar-refractivity contribution in [1.82, 2.24) is 4.98 Å². The van der Waals surface area contributed by atoms with E-state index in [0.29, 0.717) is 14.5 Å². The SMILES string of the molecule is O=C(O)Cc1csc(NS(=O)(=O)c2cc(Br)c(Cl)s2)n1. The maximum atomic E-state index is 12.1. The largest absolute Gasteiger partial charge is 0.481 e. The van der Waals surface area contributed by atoms with E-state index in [0.717, 1.165) is 22.7 Å². The maximum absolute atomic E-state index is 12.1. The zero-order valence-electron chi connectivity index (χ0n) is 9.46. The average molecular weight is 418 g/mol. The fraction of sp³-hybridized carbons (Fsp3) is 0.111. The number of halogens is 2. The zero-order chi connectivity index (χ0) is 14.9. The monoisotopic (exact) mass is 416 g/mol. The minimum absolute atomic E-state index is 0.0457. The topological polar surface area (TPSA) is 96.4 Å². The summed E-state index contributed by atoms with van der Waals surface area (Å²) >= 11 is 10.9. The second-order valence-electron chi connectivity index (χ2n) is 3.51. The third-order valence-corrected chi connectivity index (χ3v) is 7.22. The normalized spacial score (nSPS) is 11.5. The van der Waals surface area contributed by atoms with Gasteiger partial charge in [-0.05, 0) is 22.0 Å². The number of aliphatic carboxylic acids is 1. The van der Waals surface area contributed by atoms with Gasteiger partial charge in [-0.1, -0.05) is 11.6 Å². The summed E-state index contributed by atoms with van der Waals surface area (Å²) in [6, 6.07) is 1.39. The van der Waals surface area contributed by atoms with E-state index in [9.17, 15) is 13.2 Å². The van der Waals surface area contributed by atoms with Crippen LogP contribution < -0.4 is 4.72 Å². The number of carbonyl (C=O) groups is 1. The quantitative estimate of drug-likeness (QED) is 0.779. The molecule has 0 unspecified atom stereocenters. The molecule has 0 spiro atoms. The van der Waals surface area contributed by atoms with Crippen molar-refractivity contribution >= 4 is 71.3 Å². The second-order valence-corrected chi connectivity index (χ2v) is 8.78. The number of rotatable bonds is 5. The molecule has 108 valence electrons. The predicted molar refractivity (Wildman–Crippen MR) is 81.3 cm³/mol. The van der Waals surface area contributed by atoms with Crippen molar-refractivity contribution in [3.63, 3.8) is 0 Å².